The van der Waals surface area contributed by atoms with E-state index in [4.69, 9.17) is 14.3 Å². The van der Waals surface area contributed by atoms with Gasteiger partial charge in [-0.15, -0.1) is 0 Å². The SMILES string of the molecule is C[C@H]1CCCCN1c1cncc(B2OC(C)(C)C(C)(C)O2)n1. The van der Waals surface area contributed by atoms with Crippen molar-refractivity contribution in [3.8, 4) is 0 Å². The van der Waals surface area contributed by atoms with Gasteiger partial charge in [-0.25, -0.2) is 4.98 Å². The first-order valence-electron chi connectivity index (χ1n) is 8.24. The van der Waals surface area contributed by atoms with E-state index in [2.05, 4.69) is 44.5 Å². The fourth-order valence-electron chi connectivity index (χ4n) is 3.02. The normalized spacial score (nSPS) is 27.2. The highest BCUT2D eigenvalue weighted by atomic mass is 16.7. The largest absolute Gasteiger partial charge is 0.516 e. The van der Waals surface area contributed by atoms with Crippen LogP contribution in [0.3, 0.4) is 0 Å². The monoisotopic (exact) mass is 303 g/mol. The molecule has 1 aromatic rings. The minimum atomic E-state index is -0.447. The minimum absolute atomic E-state index is 0.353. The average molecular weight is 303 g/mol. The predicted octanol–water partition coefficient (Wildman–Crippen LogP) is 2.15. The maximum absolute atomic E-state index is 6.08. The van der Waals surface area contributed by atoms with Crippen LogP contribution in [0.1, 0.15) is 53.9 Å². The van der Waals surface area contributed by atoms with Gasteiger partial charge >= 0.3 is 7.12 Å². The molecule has 0 N–H and O–H groups in total. The Morgan fingerprint density at radius 3 is 2.45 bits per heavy atom. The van der Waals surface area contributed by atoms with E-state index in [1.165, 1.54) is 19.3 Å². The van der Waals surface area contributed by atoms with Crippen LogP contribution >= 0.6 is 0 Å². The number of aromatic nitrogens is 2. The molecule has 2 fully saturated rings. The smallest absolute Gasteiger partial charge is 0.398 e. The maximum atomic E-state index is 6.08. The second-order valence-electron chi connectivity index (χ2n) is 7.43. The molecule has 22 heavy (non-hydrogen) atoms. The number of hydrogen-bond acceptors (Lipinski definition) is 5. The summed E-state index contributed by atoms with van der Waals surface area (Å²) in [5, 5.41) is 0. The minimum Gasteiger partial charge on any atom is -0.398 e. The zero-order chi connectivity index (χ0) is 16.0. The van der Waals surface area contributed by atoms with Crippen molar-refractivity contribution in [2.75, 3.05) is 11.4 Å². The Bertz CT molecular complexity index is 534. The summed E-state index contributed by atoms with van der Waals surface area (Å²) in [6, 6.07) is 0.511. The lowest BCUT2D eigenvalue weighted by molar-refractivity contribution is 0.00578. The third-order valence-corrected chi connectivity index (χ3v) is 5.23. The van der Waals surface area contributed by atoms with E-state index in [-0.39, 0.29) is 11.2 Å². The molecule has 2 saturated heterocycles. The molecule has 0 spiro atoms. The van der Waals surface area contributed by atoms with Gasteiger partial charge in [-0.3, -0.25) is 4.98 Å². The Balaban J connectivity index is 1.83. The topological polar surface area (TPSA) is 47.5 Å². The van der Waals surface area contributed by atoms with Gasteiger partial charge in [-0.1, -0.05) is 0 Å². The Hall–Kier alpha value is -1.14. The van der Waals surface area contributed by atoms with Crippen LogP contribution in [0.2, 0.25) is 0 Å². The van der Waals surface area contributed by atoms with Crippen LogP contribution in [-0.4, -0.2) is 40.9 Å². The lowest BCUT2D eigenvalue weighted by Gasteiger charge is -2.34. The highest BCUT2D eigenvalue weighted by Gasteiger charge is 2.52. The molecule has 0 radical (unpaired) electrons. The van der Waals surface area contributed by atoms with Crippen molar-refractivity contribution in [1.29, 1.82) is 0 Å². The second kappa shape index (κ2) is 5.50. The molecule has 2 aliphatic rings. The predicted molar refractivity (Wildman–Crippen MR) is 88.4 cm³/mol. The number of hydrogen-bond donors (Lipinski definition) is 0. The van der Waals surface area contributed by atoms with Gasteiger partial charge in [-0.05, 0) is 53.9 Å². The summed E-state index contributed by atoms with van der Waals surface area (Å²) < 4.78 is 12.2. The molecule has 0 aromatic carbocycles. The summed E-state index contributed by atoms with van der Waals surface area (Å²) >= 11 is 0. The van der Waals surface area contributed by atoms with Crippen LogP contribution < -0.4 is 10.5 Å². The van der Waals surface area contributed by atoms with E-state index in [1.54, 1.807) is 6.20 Å². The van der Waals surface area contributed by atoms with Crippen molar-refractivity contribution in [3.05, 3.63) is 12.4 Å². The summed E-state index contributed by atoms with van der Waals surface area (Å²) in [7, 11) is -0.447. The van der Waals surface area contributed by atoms with Crippen LogP contribution in [0.4, 0.5) is 5.82 Å². The van der Waals surface area contributed by atoms with E-state index >= 15 is 0 Å². The Kier molecular flexibility index (Phi) is 3.93. The molecule has 1 aromatic heterocycles. The van der Waals surface area contributed by atoms with E-state index in [0.717, 1.165) is 18.0 Å². The van der Waals surface area contributed by atoms with Gasteiger partial charge in [0.25, 0.3) is 0 Å². The van der Waals surface area contributed by atoms with Crippen LogP contribution in [0.15, 0.2) is 12.4 Å². The molecule has 0 bridgehead atoms. The van der Waals surface area contributed by atoms with Gasteiger partial charge in [0.2, 0.25) is 0 Å². The first-order chi connectivity index (χ1) is 10.3. The number of anilines is 1. The summed E-state index contributed by atoms with van der Waals surface area (Å²) in [6.45, 7) is 11.5. The molecule has 3 heterocycles. The van der Waals surface area contributed by atoms with Crippen LogP contribution in [0.25, 0.3) is 0 Å². The third-order valence-electron chi connectivity index (χ3n) is 5.23. The van der Waals surface area contributed by atoms with E-state index in [9.17, 15) is 0 Å². The highest BCUT2D eigenvalue weighted by molar-refractivity contribution is 6.61. The summed E-state index contributed by atoms with van der Waals surface area (Å²) in [6.07, 6.45) is 7.31. The zero-order valence-corrected chi connectivity index (χ0v) is 14.3. The van der Waals surface area contributed by atoms with Crippen molar-refractivity contribution in [3.63, 3.8) is 0 Å². The van der Waals surface area contributed by atoms with Crippen LogP contribution in [-0.2, 0) is 9.31 Å². The standard InChI is InChI=1S/C16H26BN3O2/c1-12-8-6-7-9-20(12)14-11-18-10-13(19-14)17-21-15(2,3)16(4,5)22-17/h10-12H,6-9H2,1-5H3/t12-/m0/s1. The summed E-state index contributed by atoms with van der Waals surface area (Å²) in [5.41, 5.74) is 0.0515. The summed E-state index contributed by atoms with van der Waals surface area (Å²) in [5.74, 6) is 0.930. The van der Waals surface area contributed by atoms with Gasteiger partial charge in [0.15, 0.2) is 0 Å². The molecular weight excluding hydrogens is 277 g/mol. The molecule has 3 rings (SSSR count). The van der Waals surface area contributed by atoms with Crippen molar-refractivity contribution < 1.29 is 9.31 Å². The fraction of sp³-hybridized carbons (Fsp3) is 0.750. The van der Waals surface area contributed by atoms with Crippen LogP contribution in [0, 0.1) is 0 Å². The first kappa shape index (κ1) is 15.7. The summed E-state index contributed by atoms with van der Waals surface area (Å²) in [4.78, 5) is 11.5. The Morgan fingerprint density at radius 2 is 1.82 bits per heavy atom. The molecule has 5 nitrogen and oxygen atoms in total. The van der Waals surface area contributed by atoms with Crippen LogP contribution in [0.5, 0.6) is 0 Å². The molecule has 2 aliphatic heterocycles. The quantitative estimate of drug-likeness (QED) is 0.784. The molecular formula is C16H26BN3O2. The number of piperidine rings is 1. The molecule has 0 saturated carbocycles. The fourth-order valence-corrected chi connectivity index (χ4v) is 3.02. The van der Waals surface area contributed by atoms with Crippen molar-refractivity contribution in [2.45, 2.75) is 71.1 Å². The Morgan fingerprint density at radius 1 is 1.14 bits per heavy atom. The lowest BCUT2D eigenvalue weighted by Crippen LogP contribution is -2.42. The van der Waals surface area contributed by atoms with E-state index in [1.807, 2.05) is 6.20 Å². The molecule has 120 valence electrons. The molecule has 1 atom stereocenters. The third kappa shape index (κ3) is 2.74. The van der Waals surface area contributed by atoms with Gasteiger partial charge in [0.1, 0.15) is 5.82 Å². The molecule has 6 heteroatoms. The van der Waals surface area contributed by atoms with Crippen molar-refractivity contribution >= 4 is 18.5 Å². The van der Waals surface area contributed by atoms with E-state index in [0.29, 0.717) is 6.04 Å². The molecule has 0 aliphatic carbocycles. The highest BCUT2D eigenvalue weighted by Crippen LogP contribution is 2.36. The van der Waals surface area contributed by atoms with Crippen molar-refractivity contribution in [1.82, 2.24) is 9.97 Å². The van der Waals surface area contributed by atoms with Gasteiger partial charge in [0, 0.05) is 18.8 Å². The molecule has 0 amide bonds. The van der Waals surface area contributed by atoms with Gasteiger partial charge in [0.05, 0.1) is 23.0 Å². The zero-order valence-electron chi connectivity index (χ0n) is 14.3. The van der Waals surface area contributed by atoms with Gasteiger partial charge in [-0.2, -0.15) is 0 Å². The Labute approximate surface area is 133 Å². The number of nitrogens with zero attached hydrogens (tertiary/aromatic N) is 3. The number of rotatable bonds is 2. The van der Waals surface area contributed by atoms with Gasteiger partial charge < -0.3 is 14.2 Å². The second-order valence-corrected chi connectivity index (χ2v) is 7.43. The van der Waals surface area contributed by atoms with E-state index < -0.39 is 7.12 Å². The first-order valence-corrected chi connectivity index (χ1v) is 8.24. The average Bonchev–Trinajstić information content (AvgIpc) is 2.68. The van der Waals surface area contributed by atoms with Crippen molar-refractivity contribution in [2.24, 2.45) is 0 Å². The molecule has 0 unspecified atom stereocenters. The lowest BCUT2D eigenvalue weighted by atomic mass is 9.85. The maximum Gasteiger partial charge on any atom is 0.516 e.